The summed E-state index contributed by atoms with van der Waals surface area (Å²) in [7, 11) is 0. The first-order valence-electron chi connectivity index (χ1n) is 7.44. The summed E-state index contributed by atoms with van der Waals surface area (Å²) in [6.07, 6.45) is 6.66. The van der Waals surface area contributed by atoms with Crippen LogP contribution in [0.15, 0.2) is 42.6 Å². The first-order valence-corrected chi connectivity index (χ1v) is 7.44. The lowest BCUT2D eigenvalue weighted by Gasteiger charge is -2.12. The fourth-order valence-corrected chi connectivity index (χ4v) is 1.88. The molecule has 0 spiro atoms. The Morgan fingerprint density at radius 2 is 1.82 bits per heavy atom. The van der Waals surface area contributed by atoms with Gasteiger partial charge in [-0.25, -0.2) is 4.98 Å². The molecule has 0 fully saturated rings. The molecule has 1 atom stereocenters. The van der Waals surface area contributed by atoms with E-state index in [2.05, 4.69) is 4.98 Å². The van der Waals surface area contributed by atoms with Crippen molar-refractivity contribution >= 4 is 17.8 Å². The number of aromatic nitrogens is 1. The van der Waals surface area contributed by atoms with Gasteiger partial charge in [0.2, 0.25) is 5.88 Å². The molecule has 1 aromatic carbocycles. The maximum Gasteiger partial charge on any atom is 0.213 e. The zero-order valence-corrected chi connectivity index (χ0v) is 12.8. The van der Waals surface area contributed by atoms with Crippen LogP contribution >= 0.6 is 0 Å². The zero-order valence-electron chi connectivity index (χ0n) is 12.8. The second-order valence-corrected chi connectivity index (χ2v) is 5.20. The van der Waals surface area contributed by atoms with Crippen LogP contribution in [0.2, 0.25) is 0 Å². The van der Waals surface area contributed by atoms with Crippen molar-refractivity contribution < 1.29 is 9.84 Å². The van der Waals surface area contributed by atoms with Crippen LogP contribution in [0.3, 0.4) is 0 Å². The molecule has 4 heteroatoms. The molecular formula is C18H22N2O2. The summed E-state index contributed by atoms with van der Waals surface area (Å²) in [4.78, 5) is 4.27. The normalized spacial score (nSPS) is 12.5. The molecule has 2 rings (SSSR count). The number of pyridine rings is 1. The Bertz CT molecular complexity index is 587. The minimum absolute atomic E-state index is 0.138. The molecule has 1 unspecified atom stereocenters. The van der Waals surface area contributed by atoms with Crippen LogP contribution < -0.4 is 10.5 Å². The van der Waals surface area contributed by atoms with Crippen molar-refractivity contribution in [1.29, 1.82) is 0 Å². The molecule has 0 aliphatic rings. The molecule has 0 saturated carbocycles. The van der Waals surface area contributed by atoms with Gasteiger partial charge in [-0.3, -0.25) is 0 Å². The number of nitrogen functional groups attached to an aromatic ring is 1. The average Bonchev–Trinajstić information content (AvgIpc) is 2.56. The highest BCUT2D eigenvalue weighted by atomic mass is 16.5. The highest BCUT2D eigenvalue weighted by Gasteiger charge is 2.05. The number of anilines is 1. The molecule has 1 heterocycles. The van der Waals surface area contributed by atoms with E-state index in [1.165, 1.54) is 0 Å². The minimum atomic E-state index is 0.138. The van der Waals surface area contributed by atoms with E-state index in [4.69, 9.17) is 15.6 Å². The van der Waals surface area contributed by atoms with Gasteiger partial charge in [-0.2, -0.15) is 0 Å². The first-order chi connectivity index (χ1) is 10.7. The Morgan fingerprint density at radius 3 is 2.41 bits per heavy atom. The van der Waals surface area contributed by atoms with E-state index in [0.29, 0.717) is 12.5 Å². The van der Waals surface area contributed by atoms with Gasteiger partial charge in [-0.15, -0.1) is 0 Å². The number of aliphatic hydroxyl groups is 1. The lowest BCUT2D eigenvalue weighted by molar-refractivity contribution is 0.156. The number of rotatable bonds is 7. The monoisotopic (exact) mass is 298 g/mol. The molecule has 2 aromatic rings. The fraction of sp³-hybridized carbons (Fsp3) is 0.278. The van der Waals surface area contributed by atoms with Gasteiger partial charge in [0.15, 0.2) is 0 Å². The second-order valence-electron chi connectivity index (χ2n) is 5.20. The summed E-state index contributed by atoms with van der Waals surface area (Å²) in [6.45, 7) is 2.66. The van der Waals surface area contributed by atoms with E-state index in [-0.39, 0.29) is 12.5 Å². The van der Waals surface area contributed by atoms with E-state index >= 15 is 0 Å². The standard InChI is InChI=1S/C18H22N2O2/c1-2-14(12-21)13-22-18-10-7-16(11-20-18)4-3-15-5-8-17(19)9-6-15/h3-11,14,21H,2,12-13,19H2,1H3/b4-3+. The van der Waals surface area contributed by atoms with Crippen molar-refractivity contribution in [1.82, 2.24) is 4.98 Å². The van der Waals surface area contributed by atoms with Crippen LogP contribution in [-0.4, -0.2) is 23.3 Å². The maximum absolute atomic E-state index is 9.13. The molecule has 4 nitrogen and oxygen atoms in total. The van der Waals surface area contributed by atoms with Gasteiger partial charge >= 0.3 is 0 Å². The van der Waals surface area contributed by atoms with E-state index in [1.54, 1.807) is 6.20 Å². The van der Waals surface area contributed by atoms with Crippen LogP contribution in [0, 0.1) is 5.92 Å². The Balaban J connectivity index is 1.92. The van der Waals surface area contributed by atoms with Crippen LogP contribution in [0.25, 0.3) is 12.2 Å². The van der Waals surface area contributed by atoms with Gasteiger partial charge < -0.3 is 15.6 Å². The summed E-state index contributed by atoms with van der Waals surface area (Å²) < 4.78 is 5.57. The molecule has 3 N–H and O–H groups in total. The number of nitrogens with zero attached hydrogens (tertiary/aromatic N) is 1. The van der Waals surface area contributed by atoms with Crippen molar-refractivity contribution in [2.75, 3.05) is 18.9 Å². The predicted octanol–water partition coefficient (Wildman–Crippen LogP) is 3.23. The Morgan fingerprint density at radius 1 is 1.14 bits per heavy atom. The Kier molecular flexibility index (Phi) is 5.98. The number of nitrogens with two attached hydrogens (primary N) is 1. The summed E-state index contributed by atoms with van der Waals surface area (Å²) in [6, 6.07) is 11.5. The topological polar surface area (TPSA) is 68.4 Å². The van der Waals surface area contributed by atoms with Crippen molar-refractivity contribution in [3.63, 3.8) is 0 Å². The van der Waals surface area contributed by atoms with Gasteiger partial charge in [0.25, 0.3) is 0 Å². The van der Waals surface area contributed by atoms with E-state index in [9.17, 15) is 0 Å². The van der Waals surface area contributed by atoms with E-state index < -0.39 is 0 Å². The summed E-state index contributed by atoms with van der Waals surface area (Å²) >= 11 is 0. The van der Waals surface area contributed by atoms with Crippen molar-refractivity contribution in [3.05, 3.63) is 53.7 Å². The van der Waals surface area contributed by atoms with Crippen molar-refractivity contribution in [2.45, 2.75) is 13.3 Å². The largest absolute Gasteiger partial charge is 0.477 e. The average molecular weight is 298 g/mol. The third kappa shape index (κ3) is 4.90. The third-order valence-corrected chi connectivity index (χ3v) is 3.47. The molecule has 0 aliphatic carbocycles. The quantitative estimate of drug-likeness (QED) is 0.770. The predicted molar refractivity (Wildman–Crippen MR) is 90.4 cm³/mol. The van der Waals surface area contributed by atoms with Gasteiger partial charge in [0.05, 0.1) is 6.61 Å². The van der Waals surface area contributed by atoms with Gasteiger partial charge in [-0.1, -0.05) is 31.2 Å². The molecule has 22 heavy (non-hydrogen) atoms. The SMILES string of the molecule is CCC(CO)COc1ccc(/C=C/c2ccc(N)cc2)cn1. The van der Waals surface area contributed by atoms with E-state index in [0.717, 1.165) is 23.2 Å². The number of hydrogen-bond donors (Lipinski definition) is 2. The summed E-state index contributed by atoms with van der Waals surface area (Å²) in [5.41, 5.74) is 8.50. The smallest absolute Gasteiger partial charge is 0.213 e. The lowest BCUT2D eigenvalue weighted by atomic mass is 10.1. The van der Waals surface area contributed by atoms with Crippen LogP contribution in [-0.2, 0) is 0 Å². The lowest BCUT2D eigenvalue weighted by Crippen LogP contribution is -2.15. The van der Waals surface area contributed by atoms with Crippen LogP contribution in [0.4, 0.5) is 5.69 Å². The van der Waals surface area contributed by atoms with Crippen molar-refractivity contribution in [3.8, 4) is 5.88 Å². The molecule has 0 aliphatic heterocycles. The highest BCUT2D eigenvalue weighted by molar-refractivity contribution is 5.69. The number of hydrogen-bond acceptors (Lipinski definition) is 4. The van der Waals surface area contributed by atoms with Gasteiger partial charge in [0, 0.05) is 30.5 Å². The zero-order chi connectivity index (χ0) is 15.8. The second kappa shape index (κ2) is 8.20. The molecule has 0 amide bonds. The van der Waals surface area contributed by atoms with Crippen LogP contribution in [0.1, 0.15) is 24.5 Å². The number of aliphatic hydroxyl groups excluding tert-OH is 1. The molecular weight excluding hydrogens is 276 g/mol. The van der Waals surface area contributed by atoms with Crippen LogP contribution in [0.5, 0.6) is 5.88 Å². The van der Waals surface area contributed by atoms with Gasteiger partial charge in [-0.05, 0) is 35.7 Å². The van der Waals surface area contributed by atoms with E-state index in [1.807, 2.05) is 55.5 Å². The number of ether oxygens (including phenoxy) is 1. The highest BCUT2D eigenvalue weighted by Crippen LogP contribution is 2.13. The Hall–Kier alpha value is -2.33. The first kappa shape index (κ1) is 16.0. The minimum Gasteiger partial charge on any atom is -0.477 e. The molecule has 1 aromatic heterocycles. The van der Waals surface area contributed by atoms with Gasteiger partial charge in [0.1, 0.15) is 0 Å². The molecule has 0 bridgehead atoms. The number of benzene rings is 1. The molecule has 0 radical (unpaired) electrons. The maximum atomic E-state index is 9.13. The molecule has 0 saturated heterocycles. The Labute approximate surface area is 131 Å². The third-order valence-electron chi connectivity index (χ3n) is 3.47. The molecule has 116 valence electrons. The van der Waals surface area contributed by atoms with Crippen molar-refractivity contribution in [2.24, 2.45) is 5.92 Å². The summed E-state index contributed by atoms with van der Waals surface area (Å²) in [5.74, 6) is 0.739. The summed E-state index contributed by atoms with van der Waals surface area (Å²) in [5, 5.41) is 9.13. The fourth-order valence-electron chi connectivity index (χ4n) is 1.88.